The van der Waals surface area contributed by atoms with Crippen LogP contribution in [0.15, 0.2) is 4.99 Å². The van der Waals surface area contributed by atoms with Gasteiger partial charge in [0, 0.05) is 13.0 Å². The standard InChI is InChI=1S/C42H77N13O13/c1-18(2)16-27(52-38(64)30(44)23(9)56)37(63)55-32(24(10)57)40(66)54-31(20(5)6)39(65)51-26(13-14-29(43)58)36(62)49-21(7)33(59)50-25(12-11-15-47-42(45)46)35(61)48-22(8)34(60)53-28(41(67)68)17-19(3)4/h18-28,30-32,56-57H,11-17,44H2,1-10H3,(H2,43,58)(H,48,61)(H,49,62)(H,50,59)(H,51,65)(H,52,64)(H,53,60)(H,54,66)(H,55,63)(H,67,68)(H4,45,46,47)/t21-,22-,23+,24+,25-,26-,27-,28-,30-,31-,32-/m0/s1. The molecule has 68 heavy (non-hydrogen) atoms. The molecule has 26 heteroatoms. The number of nitrogens with one attached hydrogen (secondary N) is 8. The van der Waals surface area contributed by atoms with Crippen molar-refractivity contribution in [3.05, 3.63) is 0 Å². The molecule has 0 rings (SSSR count). The number of amides is 9. The normalized spacial score (nSPS) is 16.1. The molecule has 11 atom stereocenters. The van der Waals surface area contributed by atoms with Gasteiger partial charge in [-0.15, -0.1) is 0 Å². The molecule has 388 valence electrons. The van der Waals surface area contributed by atoms with Crippen molar-refractivity contribution in [3.8, 4) is 0 Å². The van der Waals surface area contributed by atoms with Crippen molar-refractivity contribution in [2.24, 2.45) is 45.7 Å². The zero-order chi connectivity index (χ0) is 52.7. The summed E-state index contributed by atoms with van der Waals surface area (Å²) in [5.41, 5.74) is 21.9. The van der Waals surface area contributed by atoms with Crippen molar-refractivity contribution in [3.63, 3.8) is 0 Å². The van der Waals surface area contributed by atoms with Crippen LogP contribution in [0.5, 0.6) is 0 Å². The van der Waals surface area contributed by atoms with E-state index in [4.69, 9.17) is 22.9 Å². The SMILES string of the molecule is CC(C)C[C@H](NC(=O)[C@H](C)NC(=O)[C@H](CCCN=C(N)N)NC(=O)[C@H](C)NC(=O)[C@H](CCC(N)=O)NC(=O)[C@@H](NC(=O)[C@@H](NC(=O)[C@H](CC(C)C)NC(=O)[C@@H](N)[C@@H](C)O)[C@@H](C)O)C(C)C)C(=O)O. The summed E-state index contributed by atoms with van der Waals surface area (Å²) in [5.74, 6) is -10.5. The summed E-state index contributed by atoms with van der Waals surface area (Å²) in [6.07, 6.45) is -3.28. The predicted octanol–water partition coefficient (Wildman–Crippen LogP) is -4.85. The Morgan fingerprint density at radius 1 is 0.485 bits per heavy atom. The van der Waals surface area contributed by atoms with Crippen molar-refractivity contribution < 1.29 is 63.3 Å². The number of nitrogens with two attached hydrogens (primary N) is 4. The van der Waals surface area contributed by atoms with Gasteiger partial charge in [-0.05, 0) is 77.6 Å². The second kappa shape index (κ2) is 30.3. The van der Waals surface area contributed by atoms with Gasteiger partial charge >= 0.3 is 5.97 Å². The van der Waals surface area contributed by atoms with Crippen LogP contribution >= 0.6 is 0 Å². The van der Waals surface area contributed by atoms with Crippen molar-refractivity contribution in [1.29, 1.82) is 0 Å². The Hall–Kier alpha value is -6.15. The minimum Gasteiger partial charge on any atom is -0.480 e. The molecule has 0 aliphatic rings. The second-order valence-electron chi connectivity index (χ2n) is 18.0. The number of carboxylic acids is 1. The molecule has 0 spiro atoms. The number of nitrogens with zero attached hydrogens (tertiary/aromatic N) is 1. The van der Waals surface area contributed by atoms with Gasteiger partial charge in [-0.1, -0.05) is 41.5 Å². The van der Waals surface area contributed by atoms with Crippen molar-refractivity contribution >= 4 is 65.1 Å². The lowest BCUT2D eigenvalue weighted by molar-refractivity contribution is -0.142. The third-order valence-corrected chi connectivity index (χ3v) is 10.2. The second-order valence-corrected chi connectivity index (χ2v) is 18.0. The molecule has 0 bridgehead atoms. The first-order valence-corrected chi connectivity index (χ1v) is 22.5. The number of aliphatic imine (C=N–C) groups is 1. The van der Waals surface area contributed by atoms with E-state index in [2.05, 4.69) is 47.5 Å². The summed E-state index contributed by atoms with van der Waals surface area (Å²) in [4.78, 5) is 134. The number of guanidine groups is 1. The van der Waals surface area contributed by atoms with Gasteiger partial charge in [0.1, 0.15) is 54.4 Å². The van der Waals surface area contributed by atoms with Crippen LogP contribution < -0.4 is 65.5 Å². The quantitative estimate of drug-likeness (QED) is 0.0176. The maximum atomic E-state index is 13.8. The molecule has 0 heterocycles. The van der Waals surface area contributed by atoms with Crippen molar-refractivity contribution in [1.82, 2.24) is 42.5 Å². The van der Waals surface area contributed by atoms with E-state index in [1.54, 1.807) is 41.5 Å². The highest BCUT2D eigenvalue weighted by Crippen LogP contribution is 2.11. The monoisotopic (exact) mass is 972 g/mol. The molecule has 19 N–H and O–H groups in total. The zero-order valence-electron chi connectivity index (χ0n) is 40.7. The number of primary amides is 1. The van der Waals surface area contributed by atoms with Gasteiger partial charge in [0.05, 0.1) is 12.2 Å². The molecule has 0 aromatic heterocycles. The van der Waals surface area contributed by atoms with Gasteiger partial charge in [-0.25, -0.2) is 4.79 Å². The van der Waals surface area contributed by atoms with E-state index < -0.39 is 138 Å². The number of carboxylic acid groups (broad SMARTS) is 1. The fraction of sp³-hybridized carbons (Fsp3) is 0.738. The number of aliphatic hydroxyl groups excluding tert-OH is 2. The molecular weight excluding hydrogens is 895 g/mol. The lowest BCUT2D eigenvalue weighted by Crippen LogP contribution is -2.62. The van der Waals surface area contributed by atoms with Gasteiger partial charge < -0.3 is 80.8 Å². The van der Waals surface area contributed by atoms with Crippen LogP contribution in [0.4, 0.5) is 0 Å². The third kappa shape index (κ3) is 23.5. The lowest BCUT2D eigenvalue weighted by Gasteiger charge is -2.29. The Labute approximate surface area is 396 Å². The van der Waals surface area contributed by atoms with E-state index >= 15 is 0 Å². The number of carbonyl (C=O) groups excluding carboxylic acids is 9. The van der Waals surface area contributed by atoms with Crippen LogP contribution in [-0.4, -0.2) is 154 Å². The van der Waals surface area contributed by atoms with E-state index in [9.17, 15) is 63.3 Å². The van der Waals surface area contributed by atoms with Gasteiger partial charge in [-0.3, -0.25) is 48.1 Å². The van der Waals surface area contributed by atoms with Crippen LogP contribution in [0.25, 0.3) is 0 Å². The molecule has 0 aliphatic heterocycles. The summed E-state index contributed by atoms with van der Waals surface area (Å²) in [5, 5.41) is 49.3. The summed E-state index contributed by atoms with van der Waals surface area (Å²) in [7, 11) is 0. The molecule has 0 saturated heterocycles. The highest BCUT2D eigenvalue weighted by molar-refractivity contribution is 5.98. The first kappa shape index (κ1) is 61.8. The Morgan fingerprint density at radius 3 is 1.32 bits per heavy atom. The number of aliphatic carboxylic acids is 1. The predicted molar refractivity (Wildman–Crippen MR) is 248 cm³/mol. The number of hydrogen-bond donors (Lipinski definition) is 15. The molecule has 0 unspecified atom stereocenters. The highest BCUT2D eigenvalue weighted by Gasteiger charge is 2.36. The highest BCUT2D eigenvalue weighted by atomic mass is 16.4. The first-order chi connectivity index (χ1) is 31.4. The maximum Gasteiger partial charge on any atom is 0.326 e. The van der Waals surface area contributed by atoms with Crippen LogP contribution in [-0.2, 0) is 47.9 Å². The number of carbonyl (C=O) groups is 10. The molecule has 26 nitrogen and oxygen atoms in total. The average Bonchev–Trinajstić information content (AvgIpc) is 3.21. The number of rotatable bonds is 31. The fourth-order valence-electron chi connectivity index (χ4n) is 6.26. The van der Waals surface area contributed by atoms with Gasteiger partial charge in [0.25, 0.3) is 0 Å². The van der Waals surface area contributed by atoms with Gasteiger partial charge in [-0.2, -0.15) is 0 Å². The molecule has 0 aromatic carbocycles. The molecule has 0 radical (unpaired) electrons. The van der Waals surface area contributed by atoms with E-state index in [-0.39, 0.29) is 56.4 Å². The fourth-order valence-corrected chi connectivity index (χ4v) is 6.26. The Balaban J connectivity index is 6.28. The van der Waals surface area contributed by atoms with Crippen LogP contribution in [0.2, 0.25) is 0 Å². The smallest absolute Gasteiger partial charge is 0.326 e. The molecule has 0 fully saturated rings. The molecule has 0 aromatic rings. The Bertz CT molecular complexity index is 1770. The van der Waals surface area contributed by atoms with E-state index in [0.717, 1.165) is 0 Å². The summed E-state index contributed by atoms with van der Waals surface area (Å²) < 4.78 is 0. The number of aliphatic hydroxyl groups is 2. The van der Waals surface area contributed by atoms with E-state index in [1.807, 2.05) is 0 Å². The van der Waals surface area contributed by atoms with Gasteiger partial charge in [0.15, 0.2) is 5.96 Å². The van der Waals surface area contributed by atoms with Crippen LogP contribution in [0.1, 0.15) is 108 Å². The first-order valence-electron chi connectivity index (χ1n) is 22.5. The summed E-state index contributed by atoms with van der Waals surface area (Å²) >= 11 is 0. The Kier molecular flexibility index (Phi) is 27.5. The van der Waals surface area contributed by atoms with E-state index in [1.165, 1.54) is 27.7 Å². The molecular formula is C42H77N13O13. The van der Waals surface area contributed by atoms with Crippen LogP contribution in [0, 0.1) is 17.8 Å². The summed E-state index contributed by atoms with van der Waals surface area (Å²) in [6.45, 7) is 15.3. The minimum absolute atomic E-state index is 0.0484. The maximum absolute atomic E-state index is 13.8. The van der Waals surface area contributed by atoms with Crippen molar-refractivity contribution in [2.75, 3.05) is 6.54 Å². The zero-order valence-corrected chi connectivity index (χ0v) is 40.7. The van der Waals surface area contributed by atoms with Gasteiger partial charge in [0.2, 0.25) is 53.2 Å². The third-order valence-electron chi connectivity index (χ3n) is 10.2. The molecule has 0 saturated carbocycles. The largest absolute Gasteiger partial charge is 0.480 e. The molecule has 9 amide bonds. The lowest BCUT2D eigenvalue weighted by atomic mass is 10.00. The average molecular weight is 972 g/mol. The summed E-state index contributed by atoms with van der Waals surface area (Å²) in [6, 6.07) is -12.4. The number of hydrogen-bond acceptors (Lipinski definition) is 14. The molecule has 0 aliphatic carbocycles. The van der Waals surface area contributed by atoms with Crippen molar-refractivity contribution in [2.45, 2.75) is 174 Å². The topological polar surface area (TPSA) is 444 Å². The van der Waals surface area contributed by atoms with Crippen LogP contribution in [0.3, 0.4) is 0 Å². The minimum atomic E-state index is -1.67. The Morgan fingerprint density at radius 2 is 0.897 bits per heavy atom. The van der Waals surface area contributed by atoms with E-state index in [0.29, 0.717) is 0 Å².